The van der Waals surface area contributed by atoms with Gasteiger partial charge in [-0.05, 0) is 56.4 Å². The van der Waals surface area contributed by atoms with E-state index < -0.39 is 10.0 Å². The van der Waals surface area contributed by atoms with Gasteiger partial charge in [-0.2, -0.15) is 4.31 Å². The van der Waals surface area contributed by atoms with E-state index in [2.05, 4.69) is 17.4 Å². The molecule has 3 rings (SSSR count). The zero-order valence-corrected chi connectivity index (χ0v) is 16.4. The van der Waals surface area contributed by atoms with E-state index >= 15 is 0 Å². The number of amides is 1. The average Bonchev–Trinajstić information content (AvgIpc) is 3.23. The molecule has 0 aliphatic carbocycles. The molecule has 0 bridgehead atoms. The summed E-state index contributed by atoms with van der Waals surface area (Å²) in [4.78, 5) is 12.7. The second-order valence-corrected chi connectivity index (χ2v) is 8.98. The fourth-order valence-corrected chi connectivity index (χ4v) is 4.85. The van der Waals surface area contributed by atoms with Gasteiger partial charge in [0.1, 0.15) is 0 Å². The number of hydrogen-bond acceptors (Lipinski definition) is 3. The van der Waals surface area contributed by atoms with E-state index in [1.165, 1.54) is 15.9 Å². The monoisotopic (exact) mass is 386 g/mol. The third-order valence-electron chi connectivity index (χ3n) is 4.89. The maximum absolute atomic E-state index is 12.7. The first-order valence-electron chi connectivity index (χ1n) is 9.42. The molecule has 0 spiro atoms. The molecule has 1 amide bonds. The van der Waals surface area contributed by atoms with Crippen LogP contribution in [-0.2, 0) is 16.4 Å². The lowest BCUT2D eigenvalue weighted by Crippen LogP contribution is -2.33. The molecule has 27 heavy (non-hydrogen) atoms. The number of rotatable bonds is 7. The van der Waals surface area contributed by atoms with Crippen molar-refractivity contribution in [1.29, 1.82) is 0 Å². The highest BCUT2D eigenvalue weighted by atomic mass is 32.2. The van der Waals surface area contributed by atoms with Crippen molar-refractivity contribution in [3.63, 3.8) is 0 Å². The Morgan fingerprint density at radius 2 is 1.78 bits per heavy atom. The van der Waals surface area contributed by atoms with Gasteiger partial charge < -0.3 is 5.32 Å². The van der Waals surface area contributed by atoms with Crippen molar-refractivity contribution in [1.82, 2.24) is 9.62 Å². The largest absolute Gasteiger partial charge is 0.350 e. The van der Waals surface area contributed by atoms with Crippen molar-refractivity contribution in [3.8, 4) is 0 Å². The molecule has 0 radical (unpaired) electrons. The van der Waals surface area contributed by atoms with Crippen molar-refractivity contribution < 1.29 is 13.2 Å². The molecule has 1 atom stereocenters. The number of nitrogens with zero attached hydrogens (tertiary/aromatic N) is 1. The molecule has 1 fully saturated rings. The molecule has 1 saturated heterocycles. The number of aryl methyl sites for hydroxylation is 1. The van der Waals surface area contributed by atoms with Crippen molar-refractivity contribution in [2.24, 2.45) is 0 Å². The van der Waals surface area contributed by atoms with Gasteiger partial charge in [-0.25, -0.2) is 8.42 Å². The van der Waals surface area contributed by atoms with Crippen molar-refractivity contribution in [2.45, 2.75) is 43.5 Å². The summed E-state index contributed by atoms with van der Waals surface area (Å²) in [7, 11) is -3.52. The molecular weight excluding hydrogens is 360 g/mol. The van der Waals surface area contributed by atoms with Crippen LogP contribution in [0, 0.1) is 0 Å². The van der Waals surface area contributed by atoms with Crippen LogP contribution in [0.15, 0.2) is 59.5 Å². The van der Waals surface area contributed by atoms with E-state index in [0.717, 1.165) is 25.7 Å². The van der Waals surface area contributed by atoms with Crippen LogP contribution in [0.2, 0.25) is 0 Å². The predicted octanol–water partition coefficient (Wildman–Crippen LogP) is 3.22. The predicted molar refractivity (Wildman–Crippen MR) is 106 cm³/mol. The smallest absolute Gasteiger partial charge is 0.251 e. The van der Waals surface area contributed by atoms with E-state index in [1.807, 2.05) is 25.1 Å². The number of carbonyl (C=O) groups excluding carboxylic acids is 1. The number of nitrogens with one attached hydrogen (secondary N) is 1. The molecule has 0 aromatic heterocycles. The van der Waals surface area contributed by atoms with Crippen molar-refractivity contribution >= 4 is 15.9 Å². The Morgan fingerprint density at radius 3 is 2.48 bits per heavy atom. The first-order chi connectivity index (χ1) is 13.0. The second-order valence-electron chi connectivity index (χ2n) is 7.04. The van der Waals surface area contributed by atoms with E-state index in [4.69, 9.17) is 0 Å². The molecule has 6 heteroatoms. The van der Waals surface area contributed by atoms with E-state index in [9.17, 15) is 13.2 Å². The SMILES string of the molecule is C[C@H](CCc1ccccc1)NC(=O)c1cccc(S(=O)(=O)N2CCCC2)c1. The van der Waals surface area contributed by atoms with Crippen molar-refractivity contribution in [2.75, 3.05) is 13.1 Å². The number of carbonyl (C=O) groups is 1. The number of hydrogen-bond donors (Lipinski definition) is 1. The molecular formula is C21H26N2O3S. The summed E-state index contributed by atoms with van der Waals surface area (Å²) < 4.78 is 26.9. The number of sulfonamides is 1. The zero-order valence-electron chi connectivity index (χ0n) is 15.6. The van der Waals surface area contributed by atoms with E-state index in [0.29, 0.717) is 18.7 Å². The Morgan fingerprint density at radius 1 is 1.07 bits per heavy atom. The van der Waals surface area contributed by atoms with E-state index in [1.54, 1.807) is 18.2 Å². The maximum atomic E-state index is 12.7. The molecule has 2 aromatic rings. The normalized spacial score (nSPS) is 16.2. The molecule has 1 aliphatic rings. The van der Waals surface area contributed by atoms with Gasteiger partial charge in [0.05, 0.1) is 4.90 Å². The molecule has 1 N–H and O–H groups in total. The zero-order chi connectivity index (χ0) is 19.3. The highest BCUT2D eigenvalue weighted by Gasteiger charge is 2.27. The molecule has 0 unspecified atom stereocenters. The molecule has 2 aromatic carbocycles. The summed E-state index contributed by atoms with van der Waals surface area (Å²) in [5.74, 6) is -0.242. The summed E-state index contributed by atoms with van der Waals surface area (Å²) in [5, 5.41) is 2.97. The molecule has 1 aliphatic heterocycles. The minimum absolute atomic E-state index is 0.00319. The Kier molecular flexibility index (Phi) is 6.29. The summed E-state index contributed by atoms with van der Waals surface area (Å²) >= 11 is 0. The molecule has 144 valence electrons. The van der Waals surface area contributed by atoms with Gasteiger partial charge in [0.2, 0.25) is 10.0 Å². The summed E-state index contributed by atoms with van der Waals surface area (Å²) in [6, 6.07) is 16.5. The maximum Gasteiger partial charge on any atom is 0.251 e. The summed E-state index contributed by atoms with van der Waals surface area (Å²) in [6.07, 6.45) is 3.48. The van der Waals surface area contributed by atoms with Gasteiger partial charge in [-0.1, -0.05) is 36.4 Å². The Labute approximate surface area is 161 Å². The lowest BCUT2D eigenvalue weighted by atomic mass is 10.1. The standard InChI is InChI=1S/C21H26N2O3S/c1-17(12-13-18-8-3-2-4-9-18)22-21(24)19-10-7-11-20(16-19)27(25,26)23-14-5-6-15-23/h2-4,7-11,16-17H,5-6,12-15H2,1H3,(H,22,24)/t17-/m1/s1. The van der Waals surface area contributed by atoms with Gasteiger partial charge in [0.25, 0.3) is 5.91 Å². The lowest BCUT2D eigenvalue weighted by Gasteiger charge is -2.17. The number of benzene rings is 2. The molecule has 0 saturated carbocycles. The third-order valence-corrected chi connectivity index (χ3v) is 6.78. The molecule has 5 nitrogen and oxygen atoms in total. The van der Waals surface area contributed by atoms with Crippen LogP contribution in [0.5, 0.6) is 0 Å². The highest BCUT2D eigenvalue weighted by molar-refractivity contribution is 7.89. The van der Waals surface area contributed by atoms with Gasteiger partial charge in [-0.3, -0.25) is 4.79 Å². The third kappa shape index (κ3) is 4.96. The van der Waals surface area contributed by atoms with Crippen LogP contribution in [0.4, 0.5) is 0 Å². The van der Waals surface area contributed by atoms with Crippen LogP contribution in [0.25, 0.3) is 0 Å². The van der Waals surface area contributed by atoms with Gasteiger partial charge >= 0.3 is 0 Å². The second kappa shape index (κ2) is 8.67. The Balaban J connectivity index is 1.63. The van der Waals surface area contributed by atoms with Crippen LogP contribution in [-0.4, -0.2) is 37.8 Å². The topological polar surface area (TPSA) is 66.5 Å². The molecule has 1 heterocycles. The minimum atomic E-state index is -3.52. The summed E-state index contributed by atoms with van der Waals surface area (Å²) in [6.45, 7) is 3.07. The van der Waals surface area contributed by atoms with Gasteiger partial charge in [0.15, 0.2) is 0 Å². The van der Waals surface area contributed by atoms with Crippen LogP contribution < -0.4 is 5.32 Å². The Bertz CT molecular complexity index is 875. The Hall–Kier alpha value is -2.18. The first kappa shape index (κ1) is 19.6. The quantitative estimate of drug-likeness (QED) is 0.794. The minimum Gasteiger partial charge on any atom is -0.350 e. The van der Waals surface area contributed by atoms with Gasteiger partial charge in [0, 0.05) is 24.7 Å². The van der Waals surface area contributed by atoms with Crippen LogP contribution in [0.1, 0.15) is 42.1 Å². The summed E-state index contributed by atoms with van der Waals surface area (Å²) in [5.41, 5.74) is 1.61. The lowest BCUT2D eigenvalue weighted by molar-refractivity contribution is 0.0938. The highest BCUT2D eigenvalue weighted by Crippen LogP contribution is 2.21. The van der Waals surface area contributed by atoms with Crippen molar-refractivity contribution in [3.05, 3.63) is 65.7 Å². The van der Waals surface area contributed by atoms with E-state index in [-0.39, 0.29) is 16.8 Å². The van der Waals surface area contributed by atoms with Crippen LogP contribution >= 0.6 is 0 Å². The van der Waals surface area contributed by atoms with Crippen LogP contribution in [0.3, 0.4) is 0 Å². The van der Waals surface area contributed by atoms with Gasteiger partial charge in [-0.15, -0.1) is 0 Å². The fourth-order valence-electron chi connectivity index (χ4n) is 3.28. The fraction of sp³-hybridized carbons (Fsp3) is 0.381. The average molecular weight is 387 g/mol. The first-order valence-corrected chi connectivity index (χ1v) is 10.9.